The molecule has 2 N–H and O–H groups in total. The molecule has 2 heterocycles. The molecule has 2 rings (SSSR count). The summed E-state index contributed by atoms with van der Waals surface area (Å²) < 4.78 is 9.88. The van der Waals surface area contributed by atoms with E-state index in [9.17, 15) is 9.59 Å². The first kappa shape index (κ1) is 14.8. The van der Waals surface area contributed by atoms with Crippen molar-refractivity contribution in [3.05, 3.63) is 11.4 Å². The normalized spacial score (nSPS) is 14.6. The van der Waals surface area contributed by atoms with Crippen LogP contribution in [0.15, 0.2) is 10.2 Å². The smallest absolute Gasteiger partial charge is 0.354 e. The highest BCUT2D eigenvalue weighted by atomic mass is 16.6. The maximum Gasteiger partial charge on any atom is 0.354 e. The maximum atomic E-state index is 12.3. The molecule has 1 aromatic heterocycles. The van der Waals surface area contributed by atoms with E-state index in [2.05, 4.69) is 20.2 Å². The van der Waals surface area contributed by atoms with Crippen LogP contribution < -0.4 is 5.73 Å². The maximum absolute atomic E-state index is 12.3. The van der Waals surface area contributed by atoms with E-state index in [-0.39, 0.29) is 30.5 Å². The lowest BCUT2D eigenvalue weighted by Gasteiger charge is -2.20. The summed E-state index contributed by atoms with van der Waals surface area (Å²) in [7, 11) is 0. The van der Waals surface area contributed by atoms with Gasteiger partial charge in [0, 0.05) is 0 Å². The van der Waals surface area contributed by atoms with Gasteiger partial charge in [0.15, 0.2) is 0 Å². The highest BCUT2D eigenvalue weighted by Crippen LogP contribution is 2.42. The Hall–Kier alpha value is -2.58. The average Bonchev–Trinajstić information content (AvgIpc) is 2.80. The Labute approximate surface area is 120 Å². The number of anilines is 1. The molecule has 0 bridgehead atoms. The van der Waals surface area contributed by atoms with Crippen molar-refractivity contribution in [2.45, 2.75) is 26.3 Å². The van der Waals surface area contributed by atoms with Gasteiger partial charge in [-0.25, -0.2) is 19.6 Å². The van der Waals surface area contributed by atoms with E-state index in [0.717, 1.165) is 0 Å². The fourth-order valence-electron chi connectivity index (χ4n) is 1.96. The molecule has 0 spiro atoms. The molecular formula is C12H15N5O4. The predicted molar refractivity (Wildman–Crippen MR) is 70.6 cm³/mol. The third kappa shape index (κ3) is 2.20. The van der Waals surface area contributed by atoms with Crippen LogP contribution in [0.1, 0.15) is 25.2 Å². The summed E-state index contributed by atoms with van der Waals surface area (Å²) in [4.78, 5) is 32.5. The second-order valence-corrected chi connectivity index (χ2v) is 4.22. The molecular weight excluding hydrogens is 278 g/mol. The van der Waals surface area contributed by atoms with Crippen molar-refractivity contribution < 1.29 is 19.1 Å². The van der Waals surface area contributed by atoms with E-state index in [0.29, 0.717) is 5.69 Å². The largest absolute Gasteiger partial charge is 0.463 e. The molecule has 0 aromatic carbocycles. The lowest BCUT2D eigenvalue weighted by atomic mass is 9.95. The van der Waals surface area contributed by atoms with Gasteiger partial charge in [0.2, 0.25) is 5.95 Å². The Morgan fingerprint density at radius 2 is 1.71 bits per heavy atom. The summed E-state index contributed by atoms with van der Waals surface area (Å²) in [5.74, 6) is -1.89. The number of rotatable bonds is 4. The van der Waals surface area contributed by atoms with Crippen LogP contribution in [0.2, 0.25) is 0 Å². The van der Waals surface area contributed by atoms with Crippen molar-refractivity contribution in [1.29, 1.82) is 0 Å². The Kier molecular flexibility index (Phi) is 3.83. The molecule has 112 valence electrons. The fourth-order valence-corrected chi connectivity index (χ4v) is 1.96. The number of carbonyl (C=O) groups is 2. The molecule has 0 atom stereocenters. The zero-order chi connectivity index (χ0) is 15.6. The van der Waals surface area contributed by atoms with Crippen molar-refractivity contribution >= 4 is 23.6 Å². The zero-order valence-electron chi connectivity index (χ0n) is 11.9. The Bertz CT molecular complexity index is 610. The van der Waals surface area contributed by atoms with E-state index in [1.54, 1.807) is 20.8 Å². The lowest BCUT2D eigenvalue weighted by Crippen LogP contribution is -2.44. The van der Waals surface area contributed by atoms with Gasteiger partial charge in [0.05, 0.1) is 18.9 Å². The molecule has 0 aliphatic carbocycles. The molecule has 0 fully saturated rings. The van der Waals surface area contributed by atoms with Crippen molar-refractivity contribution in [3.8, 4) is 0 Å². The molecule has 1 aromatic rings. The molecule has 0 unspecified atom stereocenters. The summed E-state index contributed by atoms with van der Waals surface area (Å²) in [6.45, 7) is 5.00. The first-order valence-corrected chi connectivity index (χ1v) is 6.39. The molecule has 9 nitrogen and oxygen atoms in total. The van der Waals surface area contributed by atoms with Crippen LogP contribution in [0.25, 0.3) is 0 Å². The number of nitrogen functional groups attached to an aromatic ring is 1. The van der Waals surface area contributed by atoms with E-state index in [1.807, 2.05) is 0 Å². The minimum absolute atomic E-state index is 0.00981. The number of nitrogens with zero attached hydrogens (tertiary/aromatic N) is 4. The first-order chi connectivity index (χ1) is 9.97. The van der Waals surface area contributed by atoms with Crippen LogP contribution in [-0.4, -0.2) is 35.1 Å². The van der Waals surface area contributed by atoms with Crippen LogP contribution in [0.4, 0.5) is 11.6 Å². The Balaban J connectivity index is 2.63. The molecule has 0 radical (unpaired) electrons. The summed E-state index contributed by atoms with van der Waals surface area (Å²) in [6, 6.07) is 0. The van der Waals surface area contributed by atoms with Gasteiger partial charge >= 0.3 is 17.5 Å². The zero-order valence-corrected chi connectivity index (χ0v) is 11.9. The molecule has 9 heteroatoms. The number of aromatic nitrogens is 2. The average molecular weight is 293 g/mol. The van der Waals surface area contributed by atoms with Gasteiger partial charge in [-0.1, -0.05) is 0 Å². The van der Waals surface area contributed by atoms with E-state index in [4.69, 9.17) is 15.2 Å². The number of aryl methyl sites for hydroxylation is 1. The highest BCUT2D eigenvalue weighted by Gasteiger charge is 2.58. The van der Waals surface area contributed by atoms with Gasteiger partial charge in [-0.05, 0) is 20.8 Å². The van der Waals surface area contributed by atoms with Crippen molar-refractivity contribution in [2.75, 3.05) is 18.9 Å². The number of carbonyl (C=O) groups excluding carboxylic acids is 2. The predicted octanol–water partition coefficient (Wildman–Crippen LogP) is 0.786. The molecule has 1 aliphatic rings. The number of nitrogens with two attached hydrogens (primary N) is 1. The standard InChI is InChI=1S/C12H15N5O4/c1-4-20-9(18)12(10(19)21-5-2)8-7(16-17-12)6(3)14-11(13)15-8/h4-5H2,1-3H3,(H2,13,14,15). The molecule has 0 saturated carbocycles. The van der Waals surface area contributed by atoms with Gasteiger partial charge < -0.3 is 15.2 Å². The molecule has 21 heavy (non-hydrogen) atoms. The molecule has 0 amide bonds. The third-order valence-corrected chi connectivity index (χ3v) is 2.86. The first-order valence-electron chi connectivity index (χ1n) is 6.39. The van der Waals surface area contributed by atoms with Crippen molar-refractivity contribution in [2.24, 2.45) is 10.2 Å². The van der Waals surface area contributed by atoms with E-state index < -0.39 is 17.5 Å². The quantitative estimate of drug-likeness (QED) is 0.641. The van der Waals surface area contributed by atoms with Crippen LogP contribution >= 0.6 is 0 Å². The second-order valence-electron chi connectivity index (χ2n) is 4.22. The van der Waals surface area contributed by atoms with E-state index in [1.165, 1.54) is 0 Å². The Morgan fingerprint density at radius 1 is 1.14 bits per heavy atom. The van der Waals surface area contributed by atoms with Gasteiger partial charge in [-0.2, -0.15) is 5.11 Å². The summed E-state index contributed by atoms with van der Waals surface area (Å²) >= 11 is 0. The van der Waals surface area contributed by atoms with Crippen molar-refractivity contribution in [1.82, 2.24) is 9.97 Å². The lowest BCUT2D eigenvalue weighted by molar-refractivity contribution is -0.164. The number of hydrogen-bond donors (Lipinski definition) is 1. The van der Waals surface area contributed by atoms with Gasteiger partial charge in [0.25, 0.3) is 0 Å². The second kappa shape index (κ2) is 5.43. The number of hydrogen-bond acceptors (Lipinski definition) is 9. The number of fused-ring (bicyclic) bond motifs is 1. The highest BCUT2D eigenvalue weighted by molar-refractivity contribution is 6.07. The van der Waals surface area contributed by atoms with Crippen LogP contribution in [-0.2, 0) is 24.6 Å². The summed E-state index contributed by atoms with van der Waals surface area (Å²) in [5.41, 5.74) is 4.16. The number of esters is 2. The Morgan fingerprint density at radius 3 is 2.24 bits per heavy atom. The van der Waals surface area contributed by atoms with Crippen molar-refractivity contribution in [3.63, 3.8) is 0 Å². The topological polar surface area (TPSA) is 129 Å². The van der Waals surface area contributed by atoms with Gasteiger partial charge in [0.1, 0.15) is 11.4 Å². The monoisotopic (exact) mass is 293 g/mol. The minimum Gasteiger partial charge on any atom is -0.463 e. The number of ether oxygens (including phenoxy) is 2. The molecule has 0 saturated heterocycles. The fraction of sp³-hybridized carbons (Fsp3) is 0.500. The van der Waals surface area contributed by atoms with Crippen LogP contribution in [0, 0.1) is 6.92 Å². The van der Waals surface area contributed by atoms with Crippen LogP contribution in [0.3, 0.4) is 0 Å². The summed E-state index contributed by atoms with van der Waals surface area (Å²) in [5, 5.41) is 7.63. The third-order valence-electron chi connectivity index (χ3n) is 2.86. The van der Waals surface area contributed by atoms with Crippen LogP contribution in [0.5, 0.6) is 0 Å². The molecule has 1 aliphatic heterocycles. The summed E-state index contributed by atoms with van der Waals surface area (Å²) in [6.07, 6.45) is 0. The van der Waals surface area contributed by atoms with Gasteiger partial charge in [-0.3, -0.25) is 0 Å². The minimum atomic E-state index is -2.07. The van der Waals surface area contributed by atoms with Gasteiger partial charge in [-0.15, -0.1) is 5.11 Å². The van der Waals surface area contributed by atoms with E-state index >= 15 is 0 Å². The number of azo groups is 1. The SMILES string of the molecule is CCOC(=O)C1(C(=O)OCC)N=Nc2c(C)nc(N)nc21.